The molecule has 2 aromatic rings. The van der Waals surface area contributed by atoms with Gasteiger partial charge in [-0.1, -0.05) is 27.7 Å². The highest BCUT2D eigenvalue weighted by atomic mass is 79.9. The molecular formula is C11H10BrFN4S. The van der Waals surface area contributed by atoms with Crippen LogP contribution in [0, 0.1) is 5.82 Å². The number of thioether (sulfide) groups is 1. The van der Waals surface area contributed by atoms with Gasteiger partial charge < -0.3 is 11.1 Å². The van der Waals surface area contributed by atoms with Crippen LogP contribution in [0.3, 0.4) is 0 Å². The zero-order valence-corrected chi connectivity index (χ0v) is 11.8. The number of nitrogens with one attached hydrogen (secondary N) is 1. The lowest BCUT2D eigenvalue weighted by atomic mass is 10.3. The maximum Gasteiger partial charge on any atom is 0.191 e. The van der Waals surface area contributed by atoms with Gasteiger partial charge in [0.1, 0.15) is 17.5 Å². The third kappa shape index (κ3) is 3.11. The molecule has 0 radical (unpaired) electrons. The molecule has 0 aliphatic heterocycles. The maximum absolute atomic E-state index is 13.6. The highest BCUT2D eigenvalue weighted by Gasteiger charge is 2.06. The summed E-state index contributed by atoms with van der Waals surface area (Å²) in [6.45, 7) is 0. The van der Waals surface area contributed by atoms with E-state index in [1.807, 2.05) is 6.26 Å². The van der Waals surface area contributed by atoms with Crippen molar-refractivity contribution in [3.63, 3.8) is 0 Å². The average Bonchev–Trinajstić information content (AvgIpc) is 2.32. The van der Waals surface area contributed by atoms with Crippen LogP contribution >= 0.6 is 27.7 Å². The van der Waals surface area contributed by atoms with Crippen LogP contribution in [-0.4, -0.2) is 16.2 Å². The lowest BCUT2D eigenvalue weighted by Crippen LogP contribution is -2.01. The van der Waals surface area contributed by atoms with Gasteiger partial charge in [0, 0.05) is 10.5 Å². The van der Waals surface area contributed by atoms with E-state index in [9.17, 15) is 4.39 Å². The molecule has 0 aliphatic carbocycles. The molecular weight excluding hydrogens is 319 g/mol. The third-order valence-corrected chi connectivity index (χ3v) is 3.14. The van der Waals surface area contributed by atoms with E-state index in [-0.39, 0.29) is 5.82 Å². The van der Waals surface area contributed by atoms with Crippen molar-refractivity contribution in [1.29, 1.82) is 0 Å². The molecule has 1 aromatic heterocycles. The van der Waals surface area contributed by atoms with Gasteiger partial charge in [0.25, 0.3) is 0 Å². The Hall–Kier alpha value is -1.34. The van der Waals surface area contributed by atoms with Gasteiger partial charge in [-0.25, -0.2) is 14.4 Å². The first-order valence-electron chi connectivity index (χ1n) is 4.99. The zero-order valence-electron chi connectivity index (χ0n) is 9.45. The molecule has 0 amide bonds. The minimum atomic E-state index is -0.368. The molecule has 0 atom stereocenters. The van der Waals surface area contributed by atoms with Gasteiger partial charge in [-0.3, -0.25) is 0 Å². The van der Waals surface area contributed by atoms with Crippen LogP contribution in [0.5, 0.6) is 0 Å². The Morgan fingerprint density at radius 2 is 2.11 bits per heavy atom. The number of nitrogens with zero attached hydrogens (tertiary/aromatic N) is 2. The van der Waals surface area contributed by atoms with Gasteiger partial charge >= 0.3 is 0 Å². The predicted molar refractivity (Wildman–Crippen MR) is 75.6 cm³/mol. The number of anilines is 3. The second-order valence-corrected chi connectivity index (χ2v) is 5.10. The van der Waals surface area contributed by atoms with E-state index in [0.29, 0.717) is 27.0 Å². The number of hydrogen-bond donors (Lipinski definition) is 2. The molecule has 0 saturated heterocycles. The average molecular weight is 329 g/mol. The second kappa shape index (κ2) is 5.53. The van der Waals surface area contributed by atoms with Crippen LogP contribution in [0.25, 0.3) is 0 Å². The van der Waals surface area contributed by atoms with Crippen molar-refractivity contribution in [2.45, 2.75) is 5.16 Å². The normalized spacial score (nSPS) is 10.4. The molecule has 18 heavy (non-hydrogen) atoms. The summed E-state index contributed by atoms with van der Waals surface area (Å²) in [4.78, 5) is 8.21. The van der Waals surface area contributed by atoms with Crippen LogP contribution in [0.15, 0.2) is 33.9 Å². The van der Waals surface area contributed by atoms with Crippen LogP contribution < -0.4 is 11.1 Å². The van der Waals surface area contributed by atoms with E-state index in [0.717, 1.165) is 0 Å². The van der Waals surface area contributed by atoms with Gasteiger partial charge in [0.05, 0.1) is 5.69 Å². The summed E-state index contributed by atoms with van der Waals surface area (Å²) in [5.41, 5.74) is 5.98. The monoisotopic (exact) mass is 328 g/mol. The van der Waals surface area contributed by atoms with Crippen molar-refractivity contribution in [3.8, 4) is 0 Å². The molecule has 0 spiro atoms. The fourth-order valence-corrected chi connectivity index (χ4v) is 2.05. The molecule has 4 nitrogen and oxygen atoms in total. The SMILES string of the molecule is CSc1nc(N)cc(Nc2ccc(Br)cc2F)n1. The molecule has 7 heteroatoms. The van der Waals surface area contributed by atoms with E-state index in [2.05, 4.69) is 31.2 Å². The van der Waals surface area contributed by atoms with Crippen LogP contribution in [0.1, 0.15) is 0 Å². The molecule has 1 aromatic carbocycles. The van der Waals surface area contributed by atoms with E-state index >= 15 is 0 Å². The largest absolute Gasteiger partial charge is 0.383 e. The Balaban J connectivity index is 2.30. The topological polar surface area (TPSA) is 63.8 Å². The van der Waals surface area contributed by atoms with E-state index in [1.165, 1.54) is 17.8 Å². The summed E-state index contributed by atoms with van der Waals surface area (Å²) in [5, 5.41) is 3.41. The Kier molecular flexibility index (Phi) is 4.03. The zero-order chi connectivity index (χ0) is 13.1. The number of rotatable bonds is 3. The molecule has 1 heterocycles. The quantitative estimate of drug-likeness (QED) is 0.667. The predicted octanol–water partition coefficient (Wildman–Crippen LogP) is 3.43. The van der Waals surface area contributed by atoms with Gasteiger partial charge in [-0.2, -0.15) is 0 Å². The minimum Gasteiger partial charge on any atom is -0.383 e. The standard InChI is InChI=1S/C11H10BrFN4S/c1-18-11-16-9(14)5-10(17-11)15-8-3-2-6(12)4-7(8)13/h2-5H,1H3,(H3,14,15,16,17). The van der Waals surface area contributed by atoms with Crippen molar-refractivity contribution in [2.24, 2.45) is 0 Å². The lowest BCUT2D eigenvalue weighted by molar-refractivity contribution is 0.631. The smallest absolute Gasteiger partial charge is 0.191 e. The molecule has 94 valence electrons. The number of nitrogens with two attached hydrogens (primary N) is 1. The number of halogens is 2. The third-order valence-electron chi connectivity index (χ3n) is 2.10. The van der Waals surface area contributed by atoms with Crippen LogP contribution in [0.4, 0.5) is 21.7 Å². The molecule has 3 N–H and O–H groups in total. The van der Waals surface area contributed by atoms with Gasteiger partial charge in [0.15, 0.2) is 5.16 Å². The fraction of sp³-hybridized carbons (Fsp3) is 0.0909. The number of hydrogen-bond acceptors (Lipinski definition) is 5. The number of nitrogen functional groups attached to an aromatic ring is 1. The Morgan fingerprint density at radius 3 is 2.78 bits per heavy atom. The summed E-state index contributed by atoms with van der Waals surface area (Å²) in [6, 6.07) is 6.30. The van der Waals surface area contributed by atoms with Crippen molar-refractivity contribution < 1.29 is 4.39 Å². The second-order valence-electron chi connectivity index (χ2n) is 3.41. The summed E-state index contributed by atoms with van der Waals surface area (Å²) < 4.78 is 14.3. The maximum atomic E-state index is 13.6. The molecule has 0 fully saturated rings. The molecule has 0 bridgehead atoms. The summed E-state index contributed by atoms with van der Waals surface area (Å²) >= 11 is 4.57. The van der Waals surface area contributed by atoms with Gasteiger partial charge in [-0.05, 0) is 24.5 Å². The Morgan fingerprint density at radius 1 is 1.33 bits per heavy atom. The first-order valence-corrected chi connectivity index (χ1v) is 7.01. The number of aromatic nitrogens is 2. The first kappa shape index (κ1) is 13.1. The Labute approximate surface area is 116 Å². The first-order chi connectivity index (χ1) is 8.58. The van der Waals surface area contributed by atoms with Gasteiger partial charge in [0.2, 0.25) is 0 Å². The summed E-state index contributed by atoms with van der Waals surface area (Å²) in [7, 11) is 0. The molecule has 0 saturated carbocycles. The minimum absolute atomic E-state index is 0.336. The summed E-state index contributed by atoms with van der Waals surface area (Å²) in [6.07, 6.45) is 1.85. The number of benzene rings is 1. The summed E-state index contributed by atoms with van der Waals surface area (Å²) in [5.74, 6) is 0.440. The fourth-order valence-electron chi connectivity index (χ4n) is 1.33. The lowest BCUT2D eigenvalue weighted by Gasteiger charge is -2.08. The van der Waals surface area contributed by atoms with Crippen LogP contribution in [-0.2, 0) is 0 Å². The van der Waals surface area contributed by atoms with Crippen molar-refractivity contribution in [2.75, 3.05) is 17.3 Å². The molecule has 0 unspecified atom stereocenters. The van der Waals surface area contributed by atoms with E-state index in [1.54, 1.807) is 18.2 Å². The molecule has 2 rings (SSSR count). The van der Waals surface area contributed by atoms with Crippen molar-refractivity contribution >= 4 is 45.0 Å². The Bertz CT molecular complexity index is 579. The van der Waals surface area contributed by atoms with Crippen molar-refractivity contribution in [3.05, 3.63) is 34.6 Å². The van der Waals surface area contributed by atoms with Gasteiger partial charge in [-0.15, -0.1) is 0 Å². The van der Waals surface area contributed by atoms with Crippen molar-refractivity contribution in [1.82, 2.24) is 9.97 Å². The van der Waals surface area contributed by atoms with E-state index in [4.69, 9.17) is 5.73 Å². The highest BCUT2D eigenvalue weighted by Crippen LogP contribution is 2.24. The van der Waals surface area contributed by atoms with Crippen LogP contribution in [0.2, 0.25) is 0 Å². The molecule has 0 aliphatic rings. The highest BCUT2D eigenvalue weighted by molar-refractivity contribution is 9.10. The van der Waals surface area contributed by atoms with E-state index < -0.39 is 0 Å².